The van der Waals surface area contributed by atoms with Gasteiger partial charge in [0.15, 0.2) is 5.16 Å². The predicted molar refractivity (Wildman–Crippen MR) is 105 cm³/mol. The molecule has 2 aromatic heterocycles. The van der Waals surface area contributed by atoms with Gasteiger partial charge in [-0.05, 0) is 36.2 Å². The Hall–Kier alpha value is -2.93. The van der Waals surface area contributed by atoms with E-state index < -0.39 is 0 Å². The first-order valence-electron chi connectivity index (χ1n) is 8.68. The SMILES string of the molecule is CCc1ccc(-n2c(SCc3nnc(C)o3)nc3ccccc3c2=O)cc1. The summed E-state index contributed by atoms with van der Waals surface area (Å²) in [6.07, 6.45) is 0.948. The molecule has 0 saturated carbocycles. The van der Waals surface area contributed by atoms with Gasteiger partial charge in [0, 0.05) is 6.92 Å². The molecular formula is C20H18N4O2S. The summed E-state index contributed by atoms with van der Waals surface area (Å²) in [6, 6.07) is 15.4. The van der Waals surface area contributed by atoms with Crippen molar-refractivity contribution in [2.45, 2.75) is 31.2 Å². The first-order chi connectivity index (χ1) is 13.2. The Labute approximate surface area is 160 Å². The summed E-state index contributed by atoms with van der Waals surface area (Å²) in [4.78, 5) is 17.9. The topological polar surface area (TPSA) is 73.8 Å². The summed E-state index contributed by atoms with van der Waals surface area (Å²) >= 11 is 1.40. The average Bonchev–Trinajstić information content (AvgIpc) is 3.12. The zero-order chi connectivity index (χ0) is 18.8. The first kappa shape index (κ1) is 17.5. The Morgan fingerprint density at radius 2 is 1.85 bits per heavy atom. The Kier molecular flexibility index (Phi) is 4.77. The van der Waals surface area contributed by atoms with Crippen LogP contribution in [0.15, 0.2) is 62.9 Å². The highest BCUT2D eigenvalue weighted by atomic mass is 32.2. The van der Waals surface area contributed by atoms with E-state index in [1.54, 1.807) is 17.6 Å². The van der Waals surface area contributed by atoms with E-state index in [-0.39, 0.29) is 5.56 Å². The Balaban J connectivity index is 1.82. The van der Waals surface area contributed by atoms with Gasteiger partial charge in [-0.3, -0.25) is 9.36 Å². The predicted octanol–water partition coefficient (Wildman–Crippen LogP) is 3.93. The highest BCUT2D eigenvalue weighted by molar-refractivity contribution is 7.98. The van der Waals surface area contributed by atoms with Crippen molar-refractivity contribution < 1.29 is 4.42 Å². The van der Waals surface area contributed by atoms with Crippen LogP contribution < -0.4 is 5.56 Å². The molecule has 0 aliphatic heterocycles. The number of aryl methyl sites for hydroxylation is 2. The van der Waals surface area contributed by atoms with Crippen molar-refractivity contribution in [2.24, 2.45) is 0 Å². The average molecular weight is 378 g/mol. The van der Waals surface area contributed by atoms with Crippen molar-refractivity contribution in [3.63, 3.8) is 0 Å². The molecule has 27 heavy (non-hydrogen) atoms. The summed E-state index contributed by atoms with van der Waals surface area (Å²) in [6.45, 7) is 3.85. The molecule has 0 spiro atoms. The summed E-state index contributed by atoms with van der Waals surface area (Å²) in [7, 11) is 0. The minimum Gasteiger partial charge on any atom is -0.425 e. The van der Waals surface area contributed by atoms with Gasteiger partial charge in [0.2, 0.25) is 11.8 Å². The zero-order valence-electron chi connectivity index (χ0n) is 15.0. The molecule has 0 unspecified atom stereocenters. The fourth-order valence-electron chi connectivity index (χ4n) is 2.84. The van der Waals surface area contributed by atoms with Crippen LogP contribution in [-0.4, -0.2) is 19.7 Å². The van der Waals surface area contributed by atoms with Gasteiger partial charge in [-0.1, -0.05) is 43.0 Å². The maximum atomic E-state index is 13.2. The third kappa shape index (κ3) is 3.50. The minimum atomic E-state index is -0.0888. The zero-order valence-corrected chi connectivity index (χ0v) is 15.9. The molecule has 136 valence electrons. The Bertz CT molecular complexity index is 1150. The summed E-state index contributed by atoms with van der Waals surface area (Å²) in [5, 5.41) is 9.05. The number of rotatable bonds is 5. The number of hydrogen-bond donors (Lipinski definition) is 0. The molecular weight excluding hydrogens is 360 g/mol. The van der Waals surface area contributed by atoms with E-state index >= 15 is 0 Å². The number of fused-ring (bicyclic) bond motifs is 1. The van der Waals surface area contributed by atoms with Crippen molar-refractivity contribution in [2.75, 3.05) is 0 Å². The van der Waals surface area contributed by atoms with Crippen LogP contribution in [-0.2, 0) is 12.2 Å². The van der Waals surface area contributed by atoms with Crippen LogP contribution in [0.5, 0.6) is 0 Å². The van der Waals surface area contributed by atoms with Crippen LogP contribution in [0.2, 0.25) is 0 Å². The molecule has 2 heterocycles. The smallest absolute Gasteiger partial charge is 0.266 e. The number of benzene rings is 2. The van der Waals surface area contributed by atoms with Crippen LogP contribution >= 0.6 is 11.8 Å². The van der Waals surface area contributed by atoms with Crippen molar-refractivity contribution in [3.8, 4) is 5.69 Å². The quantitative estimate of drug-likeness (QED) is 0.387. The molecule has 6 nitrogen and oxygen atoms in total. The van der Waals surface area contributed by atoms with E-state index in [9.17, 15) is 4.79 Å². The minimum absolute atomic E-state index is 0.0888. The molecule has 0 aliphatic rings. The standard InChI is InChI=1S/C20H18N4O2S/c1-3-14-8-10-15(11-9-14)24-19(25)16-6-4-5-7-17(16)21-20(24)27-12-18-23-22-13(2)26-18/h4-11H,3,12H2,1-2H3. The fourth-order valence-corrected chi connectivity index (χ4v) is 3.69. The second kappa shape index (κ2) is 7.36. The van der Waals surface area contributed by atoms with Crippen LogP contribution in [0.3, 0.4) is 0 Å². The lowest BCUT2D eigenvalue weighted by atomic mass is 10.1. The molecule has 2 aromatic carbocycles. The number of nitrogens with zero attached hydrogens (tertiary/aromatic N) is 4. The Morgan fingerprint density at radius 3 is 2.56 bits per heavy atom. The maximum absolute atomic E-state index is 13.2. The van der Waals surface area contributed by atoms with Crippen LogP contribution in [0.25, 0.3) is 16.6 Å². The van der Waals surface area contributed by atoms with E-state index in [1.807, 2.05) is 42.5 Å². The van der Waals surface area contributed by atoms with Crippen molar-refractivity contribution in [1.29, 1.82) is 0 Å². The lowest BCUT2D eigenvalue weighted by Crippen LogP contribution is -2.21. The largest absolute Gasteiger partial charge is 0.425 e. The monoisotopic (exact) mass is 378 g/mol. The second-order valence-electron chi connectivity index (χ2n) is 6.08. The van der Waals surface area contributed by atoms with Gasteiger partial charge in [0.05, 0.1) is 22.3 Å². The Morgan fingerprint density at radius 1 is 1.07 bits per heavy atom. The highest BCUT2D eigenvalue weighted by Gasteiger charge is 2.14. The molecule has 4 rings (SSSR count). The molecule has 0 saturated heterocycles. The molecule has 0 radical (unpaired) electrons. The van der Waals surface area contributed by atoms with E-state index in [0.29, 0.717) is 33.6 Å². The fraction of sp³-hybridized carbons (Fsp3) is 0.200. The normalized spacial score (nSPS) is 11.2. The maximum Gasteiger partial charge on any atom is 0.266 e. The molecule has 0 fully saturated rings. The highest BCUT2D eigenvalue weighted by Crippen LogP contribution is 2.24. The van der Waals surface area contributed by atoms with Gasteiger partial charge in [-0.2, -0.15) is 0 Å². The lowest BCUT2D eigenvalue weighted by Gasteiger charge is -2.13. The van der Waals surface area contributed by atoms with Gasteiger partial charge in [0.25, 0.3) is 5.56 Å². The van der Waals surface area contributed by atoms with Crippen molar-refractivity contribution >= 4 is 22.7 Å². The van der Waals surface area contributed by atoms with Gasteiger partial charge < -0.3 is 4.42 Å². The van der Waals surface area contributed by atoms with E-state index in [4.69, 9.17) is 9.40 Å². The number of para-hydroxylation sites is 1. The molecule has 0 aliphatic carbocycles. The third-order valence-corrected chi connectivity index (χ3v) is 5.16. The molecule has 4 aromatic rings. The van der Waals surface area contributed by atoms with Gasteiger partial charge >= 0.3 is 0 Å². The van der Waals surface area contributed by atoms with E-state index in [2.05, 4.69) is 17.1 Å². The second-order valence-corrected chi connectivity index (χ2v) is 7.02. The number of aromatic nitrogens is 4. The number of thioether (sulfide) groups is 1. The van der Waals surface area contributed by atoms with Crippen LogP contribution in [0.1, 0.15) is 24.3 Å². The van der Waals surface area contributed by atoms with Gasteiger partial charge in [0.1, 0.15) is 0 Å². The van der Waals surface area contributed by atoms with Crippen molar-refractivity contribution in [1.82, 2.24) is 19.7 Å². The molecule has 7 heteroatoms. The van der Waals surface area contributed by atoms with E-state index in [1.165, 1.54) is 17.3 Å². The molecule has 0 N–H and O–H groups in total. The third-order valence-electron chi connectivity index (χ3n) is 4.24. The molecule has 0 bridgehead atoms. The van der Waals surface area contributed by atoms with Crippen LogP contribution in [0, 0.1) is 6.92 Å². The molecule has 0 amide bonds. The molecule has 0 atom stereocenters. The van der Waals surface area contributed by atoms with Gasteiger partial charge in [-0.25, -0.2) is 4.98 Å². The van der Waals surface area contributed by atoms with Crippen molar-refractivity contribution in [3.05, 3.63) is 76.2 Å². The summed E-state index contributed by atoms with van der Waals surface area (Å²) in [5.41, 5.74) is 2.60. The van der Waals surface area contributed by atoms with Gasteiger partial charge in [-0.15, -0.1) is 10.2 Å². The summed E-state index contributed by atoms with van der Waals surface area (Å²) in [5.74, 6) is 1.47. The summed E-state index contributed by atoms with van der Waals surface area (Å²) < 4.78 is 7.09. The first-order valence-corrected chi connectivity index (χ1v) is 9.67. The lowest BCUT2D eigenvalue weighted by molar-refractivity contribution is 0.485. The van der Waals surface area contributed by atoms with E-state index in [0.717, 1.165) is 12.1 Å². The number of hydrogen-bond acceptors (Lipinski definition) is 6. The van der Waals surface area contributed by atoms with Crippen LogP contribution in [0.4, 0.5) is 0 Å².